The van der Waals surface area contributed by atoms with Gasteiger partial charge in [-0.25, -0.2) is 4.68 Å². The number of carbonyl (C=O) groups excluding carboxylic acids is 2. The molecule has 33 heavy (non-hydrogen) atoms. The van der Waals surface area contributed by atoms with E-state index in [1.165, 1.54) is 0 Å². The van der Waals surface area contributed by atoms with Gasteiger partial charge in [-0.15, -0.1) is 0 Å². The summed E-state index contributed by atoms with van der Waals surface area (Å²) in [6.07, 6.45) is 4.92. The number of nitrogens with zero attached hydrogens (tertiary/aromatic N) is 3. The first-order chi connectivity index (χ1) is 16.0. The van der Waals surface area contributed by atoms with Crippen LogP contribution in [0.5, 0.6) is 0 Å². The van der Waals surface area contributed by atoms with Gasteiger partial charge in [0.1, 0.15) is 17.1 Å². The number of primary amides is 1. The van der Waals surface area contributed by atoms with Crippen LogP contribution in [0.15, 0.2) is 24.3 Å². The van der Waals surface area contributed by atoms with Crippen LogP contribution in [-0.2, 0) is 16.1 Å². The second-order valence-corrected chi connectivity index (χ2v) is 8.29. The Balaban J connectivity index is 1.84. The van der Waals surface area contributed by atoms with E-state index < -0.39 is 5.91 Å². The minimum atomic E-state index is -0.593. The van der Waals surface area contributed by atoms with Crippen LogP contribution >= 0.6 is 0 Å². The number of carbonyl (C=O) groups is 2. The molecule has 1 saturated heterocycles. The summed E-state index contributed by atoms with van der Waals surface area (Å²) in [5, 5.41) is 4.75. The van der Waals surface area contributed by atoms with Gasteiger partial charge in [0.15, 0.2) is 0 Å². The lowest BCUT2D eigenvalue weighted by Crippen LogP contribution is -2.31. The Kier molecular flexibility index (Phi) is 8.50. The number of anilines is 1. The van der Waals surface area contributed by atoms with Crippen molar-refractivity contribution in [2.75, 3.05) is 25.9 Å². The number of nitrogen functional groups attached to an aromatic ring is 1. The molecule has 1 atom stereocenters. The number of ether oxygens (including phenoxy) is 1. The quantitative estimate of drug-likeness (QED) is 0.678. The number of amides is 2. The lowest BCUT2D eigenvalue weighted by atomic mass is 10.0. The molecule has 4 N–H and O–H groups in total. The van der Waals surface area contributed by atoms with Gasteiger partial charge in [0.2, 0.25) is 0 Å². The van der Waals surface area contributed by atoms with Crippen LogP contribution in [0.1, 0.15) is 67.4 Å². The fraction of sp³-hybridized carbons (Fsp3) is 0.480. The zero-order valence-electron chi connectivity index (χ0n) is 19.5. The summed E-state index contributed by atoms with van der Waals surface area (Å²) >= 11 is 0. The molecule has 1 aromatic carbocycles. The molecule has 0 bridgehead atoms. The molecule has 8 heteroatoms. The van der Waals surface area contributed by atoms with Crippen molar-refractivity contribution in [3.63, 3.8) is 0 Å². The zero-order chi connectivity index (χ0) is 23.8. The largest absolute Gasteiger partial charge is 0.383 e. The molecule has 0 saturated carbocycles. The molecule has 2 amide bonds. The predicted molar refractivity (Wildman–Crippen MR) is 128 cm³/mol. The van der Waals surface area contributed by atoms with E-state index in [1.54, 1.807) is 11.8 Å². The van der Waals surface area contributed by atoms with Crippen molar-refractivity contribution < 1.29 is 14.3 Å². The van der Waals surface area contributed by atoms with Crippen molar-refractivity contribution in [1.29, 1.82) is 0 Å². The summed E-state index contributed by atoms with van der Waals surface area (Å²) in [5.74, 6) is 5.17. The Hall–Kier alpha value is -3.31. The SMILES string of the molecule is CCC#CC(=O)N1CCCCC(n2nc(-c3ccc(COC)cc3)c(C(N)=O)c2N)CCC1. The fourth-order valence-corrected chi connectivity index (χ4v) is 4.24. The molecule has 8 nitrogen and oxygen atoms in total. The van der Waals surface area contributed by atoms with Crippen LogP contribution in [-0.4, -0.2) is 46.7 Å². The first-order valence-corrected chi connectivity index (χ1v) is 11.5. The van der Waals surface area contributed by atoms with Gasteiger partial charge < -0.3 is 21.1 Å². The van der Waals surface area contributed by atoms with Crippen LogP contribution in [0.4, 0.5) is 5.82 Å². The molecular formula is C25H33N5O3. The third-order valence-electron chi connectivity index (χ3n) is 5.92. The molecule has 3 rings (SSSR count). The van der Waals surface area contributed by atoms with E-state index in [2.05, 4.69) is 11.8 Å². The van der Waals surface area contributed by atoms with E-state index in [9.17, 15) is 9.59 Å². The highest BCUT2D eigenvalue weighted by Gasteiger charge is 2.26. The van der Waals surface area contributed by atoms with Crippen molar-refractivity contribution in [2.45, 2.75) is 58.1 Å². The molecule has 176 valence electrons. The number of rotatable bonds is 5. The Bertz CT molecular complexity index is 1030. The van der Waals surface area contributed by atoms with E-state index in [4.69, 9.17) is 21.3 Å². The Labute approximate surface area is 195 Å². The van der Waals surface area contributed by atoms with Gasteiger partial charge in [0, 0.05) is 32.2 Å². The molecule has 0 spiro atoms. The molecule has 1 aromatic heterocycles. The number of hydrogen-bond donors (Lipinski definition) is 2. The highest BCUT2D eigenvalue weighted by Crippen LogP contribution is 2.33. The Morgan fingerprint density at radius 2 is 1.85 bits per heavy atom. The summed E-state index contributed by atoms with van der Waals surface area (Å²) in [4.78, 5) is 26.4. The van der Waals surface area contributed by atoms with Gasteiger partial charge in [0.05, 0.1) is 12.6 Å². The summed E-state index contributed by atoms with van der Waals surface area (Å²) < 4.78 is 6.92. The third kappa shape index (κ3) is 5.93. The average Bonchev–Trinajstić information content (AvgIpc) is 3.20. The maximum Gasteiger partial charge on any atom is 0.298 e. The predicted octanol–water partition coefficient (Wildman–Crippen LogP) is 3.12. The highest BCUT2D eigenvalue weighted by atomic mass is 16.5. The number of hydrogen-bond acceptors (Lipinski definition) is 5. The standard InChI is InChI=1S/C25H33N5O3/c1-3-4-10-21(31)29-15-6-5-8-20(9-7-16-29)30-24(26)22(25(27)32)23(28-30)19-13-11-18(12-14-19)17-33-2/h11-14,20H,3,5-9,15-17,26H2,1-2H3,(H2,27,32). The van der Waals surface area contributed by atoms with Crippen molar-refractivity contribution in [3.05, 3.63) is 35.4 Å². The molecular weight excluding hydrogens is 418 g/mol. The normalized spacial score (nSPS) is 16.8. The summed E-state index contributed by atoms with van der Waals surface area (Å²) in [6.45, 7) is 3.78. The second kappa shape index (κ2) is 11.5. The minimum absolute atomic E-state index is 0.0291. The van der Waals surface area contributed by atoms with Crippen molar-refractivity contribution >= 4 is 17.6 Å². The van der Waals surface area contributed by atoms with E-state index in [0.29, 0.717) is 37.6 Å². The smallest absolute Gasteiger partial charge is 0.298 e. The number of nitrogens with two attached hydrogens (primary N) is 2. The first-order valence-electron chi connectivity index (χ1n) is 11.5. The van der Waals surface area contributed by atoms with E-state index in [1.807, 2.05) is 36.1 Å². The van der Waals surface area contributed by atoms with E-state index in [-0.39, 0.29) is 17.5 Å². The summed E-state index contributed by atoms with van der Waals surface area (Å²) in [7, 11) is 1.65. The topological polar surface area (TPSA) is 116 Å². The Morgan fingerprint density at radius 3 is 2.52 bits per heavy atom. The van der Waals surface area contributed by atoms with Crippen LogP contribution in [0.25, 0.3) is 11.3 Å². The molecule has 2 aromatic rings. The Morgan fingerprint density at radius 1 is 1.15 bits per heavy atom. The van der Waals surface area contributed by atoms with Crippen molar-refractivity contribution in [3.8, 4) is 23.1 Å². The zero-order valence-corrected chi connectivity index (χ0v) is 19.5. The molecule has 1 fully saturated rings. The van der Waals surface area contributed by atoms with E-state index in [0.717, 1.165) is 43.2 Å². The minimum Gasteiger partial charge on any atom is -0.383 e. The lowest BCUT2D eigenvalue weighted by Gasteiger charge is -2.20. The monoisotopic (exact) mass is 451 g/mol. The summed E-state index contributed by atoms with van der Waals surface area (Å²) in [5.41, 5.74) is 14.7. The first kappa shape index (κ1) is 24.3. The van der Waals surface area contributed by atoms with Gasteiger partial charge in [-0.1, -0.05) is 37.1 Å². The third-order valence-corrected chi connectivity index (χ3v) is 5.92. The van der Waals surface area contributed by atoms with E-state index >= 15 is 0 Å². The average molecular weight is 452 g/mol. The summed E-state index contributed by atoms with van der Waals surface area (Å²) in [6, 6.07) is 7.70. The van der Waals surface area contributed by atoms with Crippen LogP contribution in [0, 0.1) is 11.8 Å². The van der Waals surface area contributed by atoms with Crippen LogP contribution in [0.2, 0.25) is 0 Å². The van der Waals surface area contributed by atoms with Crippen molar-refractivity contribution in [1.82, 2.24) is 14.7 Å². The van der Waals surface area contributed by atoms with Crippen LogP contribution < -0.4 is 11.5 Å². The number of aromatic nitrogens is 2. The van der Waals surface area contributed by atoms with Crippen molar-refractivity contribution in [2.24, 2.45) is 5.73 Å². The van der Waals surface area contributed by atoms with Gasteiger partial charge in [0.25, 0.3) is 11.8 Å². The lowest BCUT2D eigenvalue weighted by molar-refractivity contribution is -0.125. The maximum absolute atomic E-state index is 12.3. The molecule has 1 unspecified atom stereocenters. The molecule has 2 heterocycles. The second-order valence-electron chi connectivity index (χ2n) is 8.29. The fourth-order valence-electron chi connectivity index (χ4n) is 4.24. The van der Waals surface area contributed by atoms with Gasteiger partial charge in [-0.3, -0.25) is 9.59 Å². The van der Waals surface area contributed by atoms with Gasteiger partial charge >= 0.3 is 0 Å². The highest BCUT2D eigenvalue weighted by molar-refractivity contribution is 6.03. The maximum atomic E-state index is 12.3. The molecule has 1 aliphatic heterocycles. The van der Waals surface area contributed by atoms with Gasteiger partial charge in [-0.05, 0) is 43.6 Å². The number of benzene rings is 1. The molecule has 1 aliphatic rings. The molecule has 0 radical (unpaired) electrons. The number of methoxy groups -OCH3 is 1. The van der Waals surface area contributed by atoms with Gasteiger partial charge in [-0.2, -0.15) is 5.10 Å². The van der Waals surface area contributed by atoms with Crippen LogP contribution in [0.3, 0.4) is 0 Å². The molecule has 0 aliphatic carbocycles.